The number of hydrogen-bond acceptors (Lipinski definition) is 5. The highest BCUT2D eigenvalue weighted by Gasteiger charge is 2.15. The van der Waals surface area contributed by atoms with E-state index in [9.17, 15) is 4.79 Å². The number of aryl methyl sites for hydroxylation is 1. The Labute approximate surface area is 162 Å². The number of benzene rings is 2. The normalized spacial score (nSPS) is 10.3. The van der Waals surface area contributed by atoms with Crippen LogP contribution in [0.4, 0.5) is 5.69 Å². The predicted molar refractivity (Wildman–Crippen MR) is 110 cm³/mol. The number of nitrogens with zero attached hydrogens (tertiary/aromatic N) is 1. The second-order valence-corrected chi connectivity index (χ2v) is 6.21. The highest BCUT2D eigenvalue weighted by molar-refractivity contribution is 7.80. The van der Waals surface area contributed by atoms with E-state index in [0.29, 0.717) is 17.1 Å². The number of aromatic nitrogens is 1. The molecule has 0 unspecified atom stereocenters. The number of carbonyl (C=O) groups excluding carboxylic acids is 1. The van der Waals surface area contributed by atoms with Crippen molar-refractivity contribution in [1.29, 1.82) is 0 Å². The molecular weight excluding hydrogens is 362 g/mol. The Morgan fingerprint density at radius 3 is 2.63 bits per heavy atom. The van der Waals surface area contributed by atoms with E-state index >= 15 is 0 Å². The van der Waals surface area contributed by atoms with E-state index in [1.807, 2.05) is 37.3 Å². The number of carbonyl (C=O) groups is 1. The summed E-state index contributed by atoms with van der Waals surface area (Å²) >= 11 is 5.30. The van der Waals surface area contributed by atoms with Crippen molar-refractivity contribution in [3.05, 3.63) is 59.8 Å². The minimum Gasteiger partial charge on any atom is -0.497 e. The number of amides is 1. The fraction of sp³-hybridized carbons (Fsp3) is 0.150. The van der Waals surface area contributed by atoms with Crippen molar-refractivity contribution >= 4 is 39.8 Å². The van der Waals surface area contributed by atoms with E-state index in [1.165, 1.54) is 7.11 Å². The van der Waals surface area contributed by atoms with Gasteiger partial charge in [-0.3, -0.25) is 15.1 Å². The molecule has 0 aliphatic rings. The molecular formula is C20H19N3O3S. The lowest BCUT2D eigenvalue weighted by Crippen LogP contribution is -2.34. The third-order valence-electron chi connectivity index (χ3n) is 3.99. The summed E-state index contributed by atoms with van der Waals surface area (Å²) in [5.74, 6) is 0.620. The van der Waals surface area contributed by atoms with Crippen LogP contribution in [-0.4, -0.2) is 30.2 Å². The average molecular weight is 381 g/mol. The fourth-order valence-electron chi connectivity index (χ4n) is 2.66. The topological polar surface area (TPSA) is 72.5 Å². The Balaban J connectivity index is 1.79. The van der Waals surface area contributed by atoms with Gasteiger partial charge in [-0.05, 0) is 43.4 Å². The van der Waals surface area contributed by atoms with Crippen LogP contribution in [0.15, 0.2) is 48.5 Å². The molecule has 0 aliphatic carbocycles. The summed E-state index contributed by atoms with van der Waals surface area (Å²) in [6, 6.07) is 14.6. The van der Waals surface area contributed by atoms with Gasteiger partial charge < -0.3 is 14.8 Å². The zero-order valence-electron chi connectivity index (χ0n) is 15.2. The highest BCUT2D eigenvalue weighted by Crippen LogP contribution is 2.25. The SMILES string of the molecule is COc1ccc(C(=O)NC(=S)Nc2cccc3ccc(C)nc23)c(OC)c1. The van der Waals surface area contributed by atoms with Crippen molar-refractivity contribution in [2.24, 2.45) is 0 Å². The van der Waals surface area contributed by atoms with Crippen molar-refractivity contribution in [3.63, 3.8) is 0 Å². The van der Waals surface area contributed by atoms with Crippen molar-refractivity contribution in [2.45, 2.75) is 6.92 Å². The molecule has 0 radical (unpaired) electrons. The lowest BCUT2D eigenvalue weighted by molar-refractivity contribution is 0.0974. The number of pyridine rings is 1. The first-order valence-electron chi connectivity index (χ1n) is 8.22. The van der Waals surface area contributed by atoms with Crippen LogP contribution in [0.5, 0.6) is 11.5 Å². The van der Waals surface area contributed by atoms with Crippen LogP contribution >= 0.6 is 12.2 Å². The van der Waals surface area contributed by atoms with Crippen molar-refractivity contribution in [2.75, 3.05) is 19.5 Å². The summed E-state index contributed by atoms with van der Waals surface area (Å²) in [5, 5.41) is 6.87. The number of hydrogen-bond donors (Lipinski definition) is 2. The Bertz CT molecular complexity index is 1020. The largest absolute Gasteiger partial charge is 0.497 e. The molecule has 2 aromatic carbocycles. The molecule has 0 aliphatic heterocycles. The molecule has 2 N–H and O–H groups in total. The molecule has 3 rings (SSSR count). The van der Waals surface area contributed by atoms with Crippen LogP contribution < -0.4 is 20.1 Å². The van der Waals surface area contributed by atoms with E-state index in [2.05, 4.69) is 15.6 Å². The van der Waals surface area contributed by atoms with Crippen LogP contribution in [-0.2, 0) is 0 Å². The number of nitrogens with one attached hydrogen (secondary N) is 2. The molecule has 0 atom stereocenters. The van der Waals surface area contributed by atoms with Gasteiger partial charge in [0.1, 0.15) is 11.5 Å². The zero-order chi connectivity index (χ0) is 19.4. The summed E-state index contributed by atoms with van der Waals surface area (Å²) in [6.07, 6.45) is 0. The maximum atomic E-state index is 12.6. The van der Waals surface area contributed by atoms with Crippen LogP contribution in [0.3, 0.4) is 0 Å². The van der Waals surface area contributed by atoms with Gasteiger partial charge >= 0.3 is 0 Å². The van der Waals surface area contributed by atoms with E-state index in [4.69, 9.17) is 21.7 Å². The van der Waals surface area contributed by atoms with Crippen LogP contribution in [0.25, 0.3) is 10.9 Å². The fourth-order valence-corrected chi connectivity index (χ4v) is 2.86. The van der Waals surface area contributed by atoms with Gasteiger partial charge in [-0.1, -0.05) is 18.2 Å². The molecule has 0 bridgehead atoms. The third-order valence-corrected chi connectivity index (χ3v) is 4.19. The molecule has 27 heavy (non-hydrogen) atoms. The van der Waals surface area contributed by atoms with E-state index < -0.39 is 0 Å². The van der Waals surface area contributed by atoms with Crippen LogP contribution in [0.1, 0.15) is 16.1 Å². The van der Waals surface area contributed by atoms with Crippen molar-refractivity contribution in [1.82, 2.24) is 10.3 Å². The monoisotopic (exact) mass is 381 g/mol. The quantitative estimate of drug-likeness (QED) is 0.672. The first-order chi connectivity index (χ1) is 13.0. The number of ether oxygens (including phenoxy) is 2. The second-order valence-electron chi connectivity index (χ2n) is 5.80. The van der Waals surface area contributed by atoms with Crippen molar-refractivity contribution < 1.29 is 14.3 Å². The number of para-hydroxylation sites is 1. The summed E-state index contributed by atoms with van der Waals surface area (Å²) in [6.45, 7) is 1.92. The second kappa shape index (κ2) is 8.01. The summed E-state index contributed by atoms with van der Waals surface area (Å²) < 4.78 is 10.4. The highest BCUT2D eigenvalue weighted by atomic mass is 32.1. The molecule has 0 saturated carbocycles. The van der Waals surface area contributed by atoms with E-state index in [-0.39, 0.29) is 11.0 Å². The number of fused-ring (bicyclic) bond motifs is 1. The number of methoxy groups -OCH3 is 2. The molecule has 1 aromatic heterocycles. The maximum absolute atomic E-state index is 12.6. The van der Waals surface area contributed by atoms with Gasteiger partial charge in [0.15, 0.2) is 5.11 Å². The molecule has 6 nitrogen and oxygen atoms in total. The van der Waals surface area contributed by atoms with Crippen LogP contribution in [0.2, 0.25) is 0 Å². The van der Waals surface area contributed by atoms with Gasteiger partial charge in [-0.15, -0.1) is 0 Å². The lowest BCUT2D eigenvalue weighted by atomic mass is 10.1. The Hall–Kier alpha value is -3.19. The summed E-state index contributed by atoms with van der Waals surface area (Å²) in [5.41, 5.74) is 2.77. The Morgan fingerprint density at radius 2 is 1.89 bits per heavy atom. The maximum Gasteiger partial charge on any atom is 0.261 e. The molecule has 1 heterocycles. The van der Waals surface area contributed by atoms with Gasteiger partial charge in [-0.2, -0.15) is 0 Å². The van der Waals surface area contributed by atoms with Gasteiger partial charge in [0.2, 0.25) is 0 Å². The van der Waals surface area contributed by atoms with Gasteiger partial charge in [-0.25, -0.2) is 0 Å². The van der Waals surface area contributed by atoms with Crippen molar-refractivity contribution in [3.8, 4) is 11.5 Å². The zero-order valence-corrected chi connectivity index (χ0v) is 16.0. The Kier molecular flexibility index (Phi) is 5.52. The lowest BCUT2D eigenvalue weighted by Gasteiger charge is -2.13. The molecule has 7 heteroatoms. The Morgan fingerprint density at radius 1 is 1.07 bits per heavy atom. The van der Waals surface area contributed by atoms with E-state index in [1.54, 1.807) is 25.3 Å². The van der Waals surface area contributed by atoms with Gasteiger partial charge in [0.05, 0.1) is 31.0 Å². The number of rotatable bonds is 4. The summed E-state index contributed by atoms with van der Waals surface area (Å²) in [4.78, 5) is 17.1. The predicted octanol–water partition coefficient (Wildman–Crippen LogP) is 3.69. The average Bonchev–Trinajstić information content (AvgIpc) is 2.67. The first kappa shape index (κ1) is 18.6. The molecule has 0 spiro atoms. The third kappa shape index (κ3) is 4.15. The molecule has 0 fully saturated rings. The molecule has 138 valence electrons. The first-order valence-corrected chi connectivity index (χ1v) is 8.63. The molecule has 0 saturated heterocycles. The van der Waals surface area contributed by atoms with E-state index in [0.717, 1.165) is 22.3 Å². The number of thiocarbonyl (C=S) groups is 1. The van der Waals surface area contributed by atoms with Gasteiger partial charge in [0, 0.05) is 17.1 Å². The minimum atomic E-state index is -0.378. The smallest absolute Gasteiger partial charge is 0.261 e. The molecule has 3 aromatic rings. The minimum absolute atomic E-state index is 0.175. The van der Waals surface area contributed by atoms with Gasteiger partial charge in [0.25, 0.3) is 5.91 Å². The van der Waals surface area contributed by atoms with Crippen LogP contribution in [0, 0.1) is 6.92 Å². The number of anilines is 1. The molecule has 1 amide bonds. The summed E-state index contributed by atoms with van der Waals surface area (Å²) in [7, 11) is 3.04. The standard InChI is InChI=1S/C20H19N3O3S/c1-12-7-8-13-5-4-6-16(18(13)21-12)22-20(27)23-19(24)15-10-9-14(25-2)11-17(15)26-3/h4-11H,1-3H3,(H2,22,23,24,27).